The fourth-order valence-corrected chi connectivity index (χ4v) is 2.42. The number of rotatable bonds is 2. The molecular formula is C8H14N2O. The minimum atomic E-state index is -0.183. The first-order valence-corrected chi connectivity index (χ1v) is 4.28. The maximum Gasteiger partial charge on any atom is 0.231 e. The predicted molar refractivity (Wildman–Crippen MR) is 41.9 cm³/mol. The van der Waals surface area contributed by atoms with Crippen LogP contribution in [0.1, 0.15) is 19.3 Å². The second-order valence-electron chi connectivity index (χ2n) is 3.73. The molecule has 1 heterocycles. The lowest BCUT2D eigenvalue weighted by molar-refractivity contribution is -0.119. The van der Waals surface area contributed by atoms with Crippen molar-refractivity contribution in [1.29, 1.82) is 0 Å². The molecule has 0 aromatic rings. The van der Waals surface area contributed by atoms with Crippen LogP contribution in [-0.4, -0.2) is 29.9 Å². The summed E-state index contributed by atoms with van der Waals surface area (Å²) in [5, 5.41) is 0. The SMILES string of the molecule is NC(=O)CN1CC2CCC1C2. The Hall–Kier alpha value is -0.570. The van der Waals surface area contributed by atoms with Crippen molar-refractivity contribution in [1.82, 2.24) is 4.90 Å². The molecule has 0 spiro atoms. The van der Waals surface area contributed by atoms with Gasteiger partial charge in [0.05, 0.1) is 6.54 Å². The predicted octanol–water partition coefficient (Wildman–Crippen LogP) is -0.0440. The number of hydrogen-bond donors (Lipinski definition) is 1. The van der Waals surface area contributed by atoms with E-state index in [2.05, 4.69) is 4.90 Å². The number of amides is 1. The summed E-state index contributed by atoms with van der Waals surface area (Å²) in [5.41, 5.74) is 5.12. The van der Waals surface area contributed by atoms with Crippen molar-refractivity contribution in [2.24, 2.45) is 11.7 Å². The quantitative estimate of drug-likeness (QED) is 0.606. The van der Waals surface area contributed by atoms with Crippen LogP contribution in [0.2, 0.25) is 0 Å². The lowest BCUT2D eigenvalue weighted by Crippen LogP contribution is -2.38. The Morgan fingerprint density at radius 3 is 2.82 bits per heavy atom. The van der Waals surface area contributed by atoms with Gasteiger partial charge in [0.1, 0.15) is 0 Å². The molecule has 62 valence electrons. The Kier molecular flexibility index (Phi) is 1.60. The van der Waals surface area contributed by atoms with Crippen molar-refractivity contribution < 1.29 is 4.79 Å². The van der Waals surface area contributed by atoms with Crippen molar-refractivity contribution in [3.63, 3.8) is 0 Å². The van der Waals surface area contributed by atoms with Gasteiger partial charge in [0, 0.05) is 12.6 Å². The summed E-state index contributed by atoms with van der Waals surface area (Å²) >= 11 is 0. The van der Waals surface area contributed by atoms with Crippen LogP contribution in [0, 0.1) is 5.92 Å². The molecule has 2 fully saturated rings. The number of fused-ring (bicyclic) bond motifs is 2. The highest BCUT2D eigenvalue weighted by molar-refractivity contribution is 5.76. The fraction of sp³-hybridized carbons (Fsp3) is 0.875. The van der Waals surface area contributed by atoms with Gasteiger partial charge in [-0.25, -0.2) is 0 Å². The van der Waals surface area contributed by atoms with Crippen molar-refractivity contribution in [3.8, 4) is 0 Å². The average Bonchev–Trinajstić information content (AvgIpc) is 2.45. The molecule has 2 atom stereocenters. The lowest BCUT2D eigenvalue weighted by atomic mass is 10.1. The molecule has 2 unspecified atom stereocenters. The molecule has 1 saturated carbocycles. The van der Waals surface area contributed by atoms with Crippen molar-refractivity contribution in [2.75, 3.05) is 13.1 Å². The highest BCUT2D eigenvalue weighted by Crippen LogP contribution is 2.36. The summed E-state index contributed by atoms with van der Waals surface area (Å²) in [4.78, 5) is 12.8. The molecule has 2 rings (SSSR count). The standard InChI is InChI=1S/C8H14N2O/c9-8(11)5-10-4-6-1-2-7(10)3-6/h6-7H,1-5H2,(H2,9,11). The number of hydrogen-bond acceptors (Lipinski definition) is 2. The maximum absolute atomic E-state index is 10.6. The first-order valence-electron chi connectivity index (χ1n) is 4.28. The molecule has 1 amide bonds. The van der Waals surface area contributed by atoms with E-state index >= 15 is 0 Å². The van der Waals surface area contributed by atoms with Crippen molar-refractivity contribution in [2.45, 2.75) is 25.3 Å². The zero-order chi connectivity index (χ0) is 7.84. The van der Waals surface area contributed by atoms with Crippen LogP contribution in [0.3, 0.4) is 0 Å². The van der Waals surface area contributed by atoms with Crippen LogP contribution < -0.4 is 5.73 Å². The molecule has 3 nitrogen and oxygen atoms in total. The Morgan fingerprint density at radius 1 is 1.55 bits per heavy atom. The monoisotopic (exact) mass is 154 g/mol. The zero-order valence-electron chi connectivity index (χ0n) is 6.62. The molecule has 0 radical (unpaired) electrons. The lowest BCUT2D eigenvalue weighted by Gasteiger charge is -2.24. The Labute approximate surface area is 66.5 Å². The molecule has 2 N–H and O–H groups in total. The van der Waals surface area contributed by atoms with Gasteiger partial charge in [-0.2, -0.15) is 0 Å². The third kappa shape index (κ3) is 1.25. The smallest absolute Gasteiger partial charge is 0.231 e. The number of likely N-dealkylation sites (tertiary alicyclic amines) is 1. The number of carbonyl (C=O) groups is 1. The summed E-state index contributed by atoms with van der Waals surface area (Å²) in [6.07, 6.45) is 3.94. The van der Waals surface area contributed by atoms with Gasteiger partial charge in [-0.1, -0.05) is 0 Å². The van der Waals surface area contributed by atoms with Gasteiger partial charge in [0.25, 0.3) is 0 Å². The van der Waals surface area contributed by atoms with Crippen LogP contribution in [-0.2, 0) is 4.79 Å². The molecule has 1 aliphatic carbocycles. The third-order valence-corrected chi connectivity index (χ3v) is 2.88. The summed E-state index contributed by atoms with van der Waals surface area (Å²) in [5.74, 6) is 0.678. The van der Waals surface area contributed by atoms with E-state index in [-0.39, 0.29) is 5.91 Å². The van der Waals surface area contributed by atoms with Crippen LogP contribution in [0.15, 0.2) is 0 Å². The van der Waals surface area contributed by atoms with Gasteiger partial charge >= 0.3 is 0 Å². The van der Waals surface area contributed by atoms with E-state index < -0.39 is 0 Å². The minimum Gasteiger partial charge on any atom is -0.369 e. The van der Waals surface area contributed by atoms with Gasteiger partial charge in [-0.05, 0) is 25.2 Å². The first-order chi connectivity index (χ1) is 5.25. The van der Waals surface area contributed by atoms with E-state index in [4.69, 9.17) is 5.73 Å². The summed E-state index contributed by atoms with van der Waals surface area (Å²) < 4.78 is 0. The summed E-state index contributed by atoms with van der Waals surface area (Å²) in [6, 6.07) is 0.674. The van der Waals surface area contributed by atoms with E-state index in [1.807, 2.05) is 0 Å². The summed E-state index contributed by atoms with van der Waals surface area (Å²) in [6.45, 7) is 1.58. The van der Waals surface area contributed by atoms with Crippen LogP contribution in [0.25, 0.3) is 0 Å². The molecule has 0 aromatic carbocycles. The Bertz CT molecular complexity index is 181. The van der Waals surface area contributed by atoms with E-state index in [1.165, 1.54) is 19.3 Å². The van der Waals surface area contributed by atoms with E-state index in [9.17, 15) is 4.79 Å². The Morgan fingerprint density at radius 2 is 2.36 bits per heavy atom. The molecule has 0 aromatic heterocycles. The number of nitrogens with zero attached hydrogens (tertiary/aromatic N) is 1. The normalized spacial score (nSPS) is 36.4. The highest BCUT2D eigenvalue weighted by Gasteiger charge is 2.37. The van der Waals surface area contributed by atoms with Gasteiger partial charge in [-0.3, -0.25) is 9.69 Å². The second-order valence-corrected chi connectivity index (χ2v) is 3.73. The van der Waals surface area contributed by atoms with Gasteiger partial charge in [0.15, 0.2) is 0 Å². The fourth-order valence-electron chi connectivity index (χ4n) is 2.42. The molecule has 1 aliphatic heterocycles. The topological polar surface area (TPSA) is 46.3 Å². The van der Waals surface area contributed by atoms with Gasteiger partial charge in [0.2, 0.25) is 5.91 Å². The number of carbonyl (C=O) groups excluding carboxylic acids is 1. The number of nitrogens with two attached hydrogens (primary N) is 1. The van der Waals surface area contributed by atoms with Crippen molar-refractivity contribution in [3.05, 3.63) is 0 Å². The Balaban J connectivity index is 1.92. The van der Waals surface area contributed by atoms with E-state index in [0.29, 0.717) is 12.6 Å². The van der Waals surface area contributed by atoms with Gasteiger partial charge in [-0.15, -0.1) is 0 Å². The van der Waals surface area contributed by atoms with Crippen LogP contribution >= 0.6 is 0 Å². The first kappa shape index (κ1) is 7.10. The van der Waals surface area contributed by atoms with Crippen LogP contribution in [0.5, 0.6) is 0 Å². The van der Waals surface area contributed by atoms with E-state index in [1.54, 1.807) is 0 Å². The summed E-state index contributed by atoms with van der Waals surface area (Å²) in [7, 11) is 0. The highest BCUT2D eigenvalue weighted by atomic mass is 16.1. The zero-order valence-corrected chi connectivity index (χ0v) is 6.62. The van der Waals surface area contributed by atoms with Gasteiger partial charge < -0.3 is 5.73 Å². The largest absolute Gasteiger partial charge is 0.369 e. The number of primary amides is 1. The average molecular weight is 154 g/mol. The molecule has 11 heavy (non-hydrogen) atoms. The third-order valence-electron chi connectivity index (χ3n) is 2.88. The molecular weight excluding hydrogens is 140 g/mol. The van der Waals surface area contributed by atoms with Crippen molar-refractivity contribution >= 4 is 5.91 Å². The molecule has 2 aliphatic rings. The molecule has 2 bridgehead atoms. The molecule has 3 heteroatoms. The van der Waals surface area contributed by atoms with Crippen LogP contribution in [0.4, 0.5) is 0 Å². The minimum absolute atomic E-state index is 0.183. The maximum atomic E-state index is 10.6. The van der Waals surface area contributed by atoms with E-state index in [0.717, 1.165) is 12.5 Å². The second kappa shape index (κ2) is 2.48. The number of piperidine rings is 1. The molecule has 1 saturated heterocycles.